The molecule has 2 aromatic rings. The number of hydrogen-bond donors (Lipinski definition) is 2. The molecule has 0 aromatic heterocycles. The molecule has 0 saturated carbocycles. The minimum absolute atomic E-state index is 0.166. The number of urea groups is 1. The lowest BCUT2D eigenvalue weighted by Crippen LogP contribution is -2.50. The lowest BCUT2D eigenvalue weighted by Gasteiger charge is -2.34. The van der Waals surface area contributed by atoms with Crippen molar-refractivity contribution in [1.82, 2.24) is 15.1 Å². The summed E-state index contributed by atoms with van der Waals surface area (Å²) in [7, 11) is 0. The van der Waals surface area contributed by atoms with Gasteiger partial charge in [-0.15, -0.1) is 0 Å². The molecule has 0 aliphatic carbocycles. The zero-order chi connectivity index (χ0) is 21.9. The number of anilines is 1. The van der Waals surface area contributed by atoms with E-state index in [2.05, 4.69) is 38.6 Å². The van der Waals surface area contributed by atoms with Crippen LogP contribution in [0.2, 0.25) is 0 Å². The molecule has 9 nitrogen and oxygen atoms in total. The van der Waals surface area contributed by atoms with E-state index < -0.39 is 6.03 Å². The van der Waals surface area contributed by atoms with Gasteiger partial charge in [-0.3, -0.25) is 19.9 Å². The molecule has 0 spiro atoms. The van der Waals surface area contributed by atoms with E-state index in [0.717, 1.165) is 51.5 Å². The lowest BCUT2D eigenvalue weighted by molar-refractivity contribution is -0.121. The third-order valence-electron chi connectivity index (χ3n) is 5.88. The molecule has 0 bridgehead atoms. The first-order valence-electron chi connectivity index (χ1n) is 10.8. The van der Waals surface area contributed by atoms with Crippen LogP contribution < -0.4 is 24.8 Å². The fourth-order valence-electron chi connectivity index (χ4n) is 4.21. The van der Waals surface area contributed by atoms with Gasteiger partial charge in [0.05, 0.1) is 13.2 Å². The Morgan fingerprint density at radius 1 is 0.875 bits per heavy atom. The first-order chi connectivity index (χ1) is 15.6. The predicted molar refractivity (Wildman–Crippen MR) is 117 cm³/mol. The number of benzene rings is 2. The SMILES string of the molecule is O=C(CN1CCN(Cc2ccc3c(c2)CCO3)CC1)NC(=O)Nc1ccc2c(c1)OCO2. The van der Waals surface area contributed by atoms with Gasteiger partial charge < -0.3 is 19.5 Å². The molecule has 9 heteroatoms. The van der Waals surface area contributed by atoms with E-state index in [-0.39, 0.29) is 19.2 Å². The van der Waals surface area contributed by atoms with Crippen LogP contribution in [0.25, 0.3) is 0 Å². The Morgan fingerprint density at radius 2 is 1.66 bits per heavy atom. The van der Waals surface area contributed by atoms with Crippen molar-refractivity contribution in [3.05, 3.63) is 47.5 Å². The molecule has 1 fully saturated rings. The van der Waals surface area contributed by atoms with Gasteiger partial charge in [0.2, 0.25) is 12.7 Å². The number of nitrogens with zero attached hydrogens (tertiary/aromatic N) is 2. The Hall–Kier alpha value is -3.30. The smallest absolute Gasteiger partial charge is 0.325 e. The molecule has 0 atom stereocenters. The Balaban J connectivity index is 1.04. The van der Waals surface area contributed by atoms with Gasteiger partial charge in [-0.2, -0.15) is 0 Å². The average Bonchev–Trinajstić information content (AvgIpc) is 3.43. The van der Waals surface area contributed by atoms with Crippen molar-refractivity contribution in [2.75, 3.05) is 51.4 Å². The summed E-state index contributed by atoms with van der Waals surface area (Å²) in [5.74, 6) is 1.89. The van der Waals surface area contributed by atoms with E-state index in [1.165, 1.54) is 11.1 Å². The van der Waals surface area contributed by atoms with Crippen molar-refractivity contribution in [2.45, 2.75) is 13.0 Å². The molecule has 0 unspecified atom stereocenters. The Bertz CT molecular complexity index is 1020. The van der Waals surface area contributed by atoms with Crippen LogP contribution in [0.15, 0.2) is 36.4 Å². The minimum atomic E-state index is -0.562. The van der Waals surface area contributed by atoms with Crippen LogP contribution in [0.4, 0.5) is 10.5 Å². The summed E-state index contributed by atoms with van der Waals surface area (Å²) in [6.45, 7) is 5.35. The standard InChI is InChI=1S/C23H26N4O5/c28-22(25-23(29)24-18-2-4-20-21(12-18)32-15-31-20)14-27-8-6-26(7-9-27)13-16-1-3-19-17(11-16)5-10-30-19/h1-4,11-12H,5-10,13-15H2,(H2,24,25,28,29). The quantitative estimate of drug-likeness (QED) is 0.736. The maximum absolute atomic E-state index is 12.3. The number of ether oxygens (including phenoxy) is 3. The summed E-state index contributed by atoms with van der Waals surface area (Å²) in [6, 6.07) is 10.9. The molecular weight excluding hydrogens is 412 g/mol. The monoisotopic (exact) mass is 438 g/mol. The number of hydrogen-bond acceptors (Lipinski definition) is 7. The number of carbonyl (C=O) groups is 2. The van der Waals surface area contributed by atoms with Gasteiger partial charge >= 0.3 is 6.03 Å². The molecule has 3 heterocycles. The Morgan fingerprint density at radius 3 is 2.53 bits per heavy atom. The Kier molecular flexibility index (Phi) is 5.83. The van der Waals surface area contributed by atoms with Gasteiger partial charge in [0.15, 0.2) is 11.5 Å². The fraction of sp³-hybridized carbons (Fsp3) is 0.391. The van der Waals surface area contributed by atoms with Crippen molar-refractivity contribution in [3.8, 4) is 17.2 Å². The number of fused-ring (bicyclic) bond motifs is 2. The summed E-state index contributed by atoms with van der Waals surface area (Å²) in [5, 5.41) is 5.04. The topological polar surface area (TPSA) is 92.4 Å². The van der Waals surface area contributed by atoms with Gasteiger partial charge in [-0.05, 0) is 29.3 Å². The van der Waals surface area contributed by atoms with Crippen LogP contribution in [-0.2, 0) is 17.8 Å². The minimum Gasteiger partial charge on any atom is -0.493 e. The van der Waals surface area contributed by atoms with Crippen LogP contribution in [0.1, 0.15) is 11.1 Å². The van der Waals surface area contributed by atoms with E-state index >= 15 is 0 Å². The number of carbonyl (C=O) groups excluding carboxylic acids is 2. The summed E-state index contributed by atoms with van der Waals surface area (Å²) >= 11 is 0. The number of amides is 3. The van der Waals surface area contributed by atoms with Crippen LogP contribution in [0, 0.1) is 0 Å². The van der Waals surface area contributed by atoms with Crippen molar-refractivity contribution in [3.63, 3.8) is 0 Å². The van der Waals surface area contributed by atoms with E-state index in [1.807, 2.05) is 0 Å². The molecule has 1 saturated heterocycles. The second-order valence-corrected chi connectivity index (χ2v) is 8.16. The van der Waals surface area contributed by atoms with Gasteiger partial charge in [0.1, 0.15) is 5.75 Å². The Labute approximate surface area is 186 Å². The summed E-state index contributed by atoms with van der Waals surface area (Å²) < 4.78 is 16.1. The van der Waals surface area contributed by atoms with Gasteiger partial charge in [0.25, 0.3) is 0 Å². The second-order valence-electron chi connectivity index (χ2n) is 8.16. The summed E-state index contributed by atoms with van der Waals surface area (Å²) in [6.07, 6.45) is 0.980. The number of imide groups is 1. The molecule has 3 aliphatic heterocycles. The summed E-state index contributed by atoms with van der Waals surface area (Å²) in [4.78, 5) is 28.9. The number of piperazine rings is 1. The van der Waals surface area contributed by atoms with E-state index in [9.17, 15) is 9.59 Å². The molecule has 3 aliphatic rings. The largest absolute Gasteiger partial charge is 0.493 e. The van der Waals surface area contributed by atoms with Crippen molar-refractivity contribution >= 4 is 17.6 Å². The van der Waals surface area contributed by atoms with Crippen LogP contribution >= 0.6 is 0 Å². The molecule has 2 aromatic carbocycles. The third kappa shape index (κ3) is 4.79. The van der Waals surface area contributed by atoms with Crippen LogP contribution in [0.5, 0.6) is 17.2 Å². The molecule has 2 N–H and O–H groups in total. The molecular formula is C23H26N4O5. The maximum Gasteiger partial charge on any atom is 0.325 e. The highest BCUT2D eigenvalue weighted by Gasteiger charge is 2.21. The van der Waals surface area contributed by atoms with Crippen molar-refractivity contribution < 1.29 is 23.8 Å². The number of rotatable bonds is 5. The van der Waals surface area contributed by atoms with Crippen molar-refractivity contribution in [1.29, 1.82) is 0 Å². The van der Waals surface area contributed by atoms with E-state index in [1.54, 1.807) is 18.2 Å². The van der Waals surface area contributed by atoms with Gasteiger partial charge in [-0.1, -0.05) is 12.1 Å². The van der Waals surface area contributed by atoms with Crippen LogP contribution in [0.3, 0.4) is 0 Å². The zero-order valence-corrected chi connectivity index (χ0v) is 17.8. The van der Waals surface area contributed by atoms with Crippen LogP contribution in [-0.4, -0.2) is 67.9 Å². The average molecular weight is 438 g/mol. The van der Waals surface area contributed by atoms with Gasteiger partial charge in [-0.25, -0.2) is 4.79 Å². The highest BCUT2D eigenvalue weighted by atomic mass is 16.7. The predicted octanol–water partition coefficient (Wildman–Crippen LogP) is 1.82. The normalized spacial score (nSPS) is 17.5. The zero-order valence-electron chi connectivity index (χ0n) is 17.8. The fourth-order valence-corrected chi connectivity index (χ4v) is 4.21. The van der Waals surface area contributed by atoms with E-state index in [0.29, 0.717) is 17.2 Å². The van der Waals surface area contributed by atoms with E-state index in [4.69, 9.17) is 14.2 Å². The highest BCUT2D eigenvalue weighted by molar-refractivity contribution is 6.01. The molecule has 0 radical (unpaired) electrons. The maximum atomic E-state index is 12.3. The molecule has 3 amide bonds. The number of nitrogens with one attached hydrogen (secondary N) is 2. The lowest BCUT2D eigenvalue weighted by atomic mass is 10.1. The first kappa shape index (κ1) is 20.6. The molecule has 32 heavy (non-hydrogen) atoms. The highest BCUT2D eigenvalue weighted by Crippen LogP contribution is 2.34. The first-order valence-corrected chi connectivity index (χ1v) is 10.8. The molecule has 168 valence electrons. The molecule has 5 rings (SSSR count). The second kappa shape index (κ2) is 9.05. The summed E-state index contributed by atoms with van der Waals surface area (Å²) in [5.41, 5.74) is 3.11. The van der Waals surface area contributed by atoms with Gasteiger partial charge in [0, 0.05) is 50.9 Å². The third-order valence-corrected chi connectivity index (χ3v) is 5.88. The van der Waals surface area contributed by atoms with Crippen molar-refractivity contribution in [2.24, 2.45) is 0 Å².